The van der Waals surface area contributed by atoms with Gasteiger partial charge in [0.25, 0.3) is 11.5 Å². The molecule has 4 rings (SSSR count). The molecule has 1 aliphatic heterocycles. The Morgan fingerprint density at radius 1 is 1.22 bits per heavy atom. The number of hydrogen-bond donors (Lipinski definition) is 2. The fraction of sp³-hybridized carbons (Fsp3) is 0.480. The minimum Gasteiger partial charge on any atom is -0.376 e. The van der Waals surface area contributed by atoms with E-state index in [1.165, 1.54) is 11.6 Å². The Bertz CT molecular complexity index is 1090. The Labute approximate surface area is 188 Å². The van der Waals surface area contributed by atoms with Crippen molar-refractivity contribution < 1.29 is 14.3 Å². The molecule has 2 N–H and O–H groups in total. The second-order valence-electron chi connectivity index (χ2n) is 9.76. The van der Waals surface area contributed by atoms with E-state index < -0.39 is 11.5 Å². The van der Waals surface area contributed by atoms with Gasteiger partial charge in [0.1, 0.15) is 5.56 Å². The zero-order valence-corrected chi connectivity index (χ0v) is 19.0. The van der Waals surface area contributed by atoms with Crippen molar-refractivity contribution >= 4 is 11.7 Å². The highest BCUT2D eigenvalue weighted by atomic mass is 16.5. The number of aromatic nitrogens is 1. The zero-order valence-electron chi connectivity index (χ0n) is 19.0. The van der Waals surface area contributed by atoms with Crippen molar-refractivity contribution in [3.63, 3.8) is 0 Å². The summed E-state index contributed by atoms with van der Waals surface area (Å²) in [5, 5.41) is 2.83. The van der Waals surface area contributed by atoms with Crippen LogP contribution in [0.15, 0.2) is 35.1 Å². The number of ether oxygens (including phenoxy) is 1. The molecule has 1 fully saturated rings. The van der Waals surface area contributed by atoms with Gasteiger partial charge in [-0.15, -0.1) is 0 Å². The molecule has 2 aliphatic rings. The van der Waals surface area contributed by atoms with Gasteiger partial charge in [0.15, 0.2) is 5.78 Å². The Morgan fingerprint density at radius 2 is 2.00 bits per heavy atom. The van der Waals surface area contributed by atoms with Crippen LogP contribution in [0.25, 0.3) is 0 Å². The molecular formula is C25H31N3O4. The Kier molecular flexibility index (Phi) is 6.31. The lowest BCUT2D eigenvalue weighted by Gasteiger charge is -2.31. The Balaban J connectivity index is 1.43. The summed E-state index contributed by atoms with van der Waals surface area (Å²) >= 11 is 0. The molecule has 1 atom stereocenters. The number of ketones is 1. The van der Waals surface area contributed by atoms with Crippen LogP contribution in [0.3, 0.4) is 0 Å². The fourth-order valence-electron chi connectivity index (χ4n) is 4.60. The molecule has 7 heteroatoms. The first-order valence-corrected chi connectivity index (χ1v) is 11.2. The largest absolute Gasteiger partial charge is 0.376 e. The van der Waals surface area contributed by atoms with E-state index in [4.69, 9.17) is 4.74 Å². The van der Waals surface area contributed by atoms with Crippen molar-refractivity contribution in [1.82, 2.24) is 15.2 Å². The molecule has 1 aromatic carbocycles. The predicted molar refractivity (Wildman–Crippen MR) is 122 cm³/mol. The van der Waals surface area contributed by atoms with Crippen LogP contribution in [0, 0.1) is 5.41 Å². The first-order valence-electron chi connectivity index (χ1n) is 11.2. The molecule has 7 nitrogen and oxygen atoms in total. The normalized spacial score (nSPS) is 20.6. The van der Waals surface area contributed by atoms with Gasteiger partial charge in [-0.25, -0.2) is 0 Å². The van der Waals surface area contributed by atoms with E-state index in [1.807, 2.05) is 26.0 Å². The molecule has 2 heterocycles. The van der Waals surface area contributed by atoms with Gasteiger partial charge in [-0.2, -0.15) is 0 Å². The monoisotopic (exact) mass is 437 g/mol. The first kappa shape index (κ1) is 22.4. The highest BCUT2D eigenvalue weighted by Gasteiger charge is 2.32. The number of hydrogen-bond acceptors (Lipinski definition) is 5. The minimum absolute atomic E-state index is 0.0183. The van der Waals surface area contributed by atoms with Crippen molar-refractivity contribution in [2.45, 2.75) is 52.8 Å². The summed E-state index contributed by atoms with van der Waals surface area (Å²) in [7, 11) is 0. The molecule has 1 amide bonds. The van der Waals surface area contributed by atoms with Gasteiger partial charge < -0.3 is 15.0 Å². The molecule has 2 aromatic rings. The molecule has 1 aromatic heterocycles. The highest BCUT2D eigenvalue weighted by molar-refractivity contribution is 6.02. The number of rotatable bonds is 5. The number of amides is 1. The molecule has 1 saturated heterocycles. The molecule has 170 valence electrons. The maximum Gasteiger partial charge on any atom is 0.261 e. The summed E-state index contributed by atoms with van der Waals surface area (Å²) < 4.78 is 5.60. The molecule has 1 aliphatic carbocycles. The third-order valence-electron chi connectivity index (χ3n) is 6.14. The maximum absolute atomic E-state index is 12.7. The van der Waals surface area contributed by atoms with Crippen LogP contribution >= 0.6 is 0 Å². The van der Waals surface area contributed by atoms with E-state index in [2.05, 4.69) is 34.3 Å². The van der Waals surface area contributed by atoms with Gasteiger partial charge >= 0.3 is 0 Å². The van der Waals surface area contributed by atoms with Gasteiger partial charge in [0.2, 0.25) is 0 Å². The molecule has 1 unspecified atom stereocenters. The average Bonchev–Trinajstić information content (AvgIpc) is 2.71. The first-order chi connectivity index (χ1) is 15.2. The van der Waals surface area contributed by atoms with Crippen molar-refractivity contribution in [2.75, 3.05) is 19.7 Å². The number of nitrogens with zero attached hydrogens (tertiary/aromatic N) is 1. The molecule has 0 saturated carbocycles. The van der Waals surface area contributed by atoms with Crippen molar-refractivity contribution in [3.8, 4) is 0 Å². The number of nitrogens with one attached hydrogen (secondary N) is 2. The topological polar surface area (TPSA) is 91.5 Å². The van der Waals surface area contributed by atoms with E-state index in [1.54, 1.807) is 0 Å². The maximum atomic E-state index is 12.7. The number of carbonyl (C=O) groups excluding carboxylic acids is 2. The summed E-state index contributed by atoms with van der Waals surface area (Å²) in [6, 6.07) is 9.54. The van der Waals surface area contributed by atoms with Crippen LogP contribution in [0.5, 0.6) is 0 Å². The fourth-order valence-corrected chi connectivity index (χ4v) is 4.60. The SMILES string of the molecule is CC1CN(Cc2cccc(CNC(=O)c3cc4c([nH]c3=O)CC(C)(C)CC4=O)c2)CCO1. The number of aromatic amines is 1. The number of benzene rings is 1. The third kappa shape index (κ3) is 5.16. The number of carbonyl (C=O) groups is 2. The summed E-state index contributed by atoms with van der Waals surface area (Å²) in [6.45, 7) is 9.77. The van der Waals surface area contributed by atoms with Gasteiger partial charge in [-0.3, -0.25) is 19.3 Å². The van der Waals surface area contributed by atoms with Crippen molar-refractivity contribution in [2.24, 2.45) is 5.41 Å². The van der Waals surface area contributed by atoms with Crippen molar-refractivity contribution in [1.29, 1.82) is 0 Å². The lowest BCUT2D eigenvalue weighted by Crippen LogP contribution is -2.40. The number of pyridine rings is 1. The molecular weight excluding hydrogens is 406 g/mol. The molecule has 0 bridgehead atoms. The summed E-state index contributed by atoms with van der Waals surface area (Å²) in [6.07, 6.45) is 1.25. The number of Topliss-reactive ketones (excluding diaryl/α,β-unsaturated/α-hetero) is 1. The van der Waals surface area contributed by atoms with Crippen LogP contribution in [-0.4, -0.2) is 47.4 Å². The molecule has 0 spiro atoms. The third-order valence-corrected chi connectivity index (χ3v) is 6.14. The van der Waals surface area contributed by atoms with E-state index in [9.17, 15) is 14.4 Å². The van der Waals surface area contributed by atoms with Crippen LogP contribution in [-0.2, 0) is 24.2 Å². The summed E-state index contributed by atoms with van der Waals surface area (Å²) in [4.78, 5) is 42.9. The van der Waals surface area contributed by atoms with Gasteiger partial charge in [0, 0.05) is 43.9 Å². The Morgan fingerprint density at radius 3 is 2.78 bits per heavy atom. The van der Waals surface area contributed by atoms with E-state index in [-0.39, 0.29) is 22.9 Å². The quantitative estimate of drug-likeness (QED) is 0.751. The molecule has 0 radical (unpaired) electrons. The minimum atomic E-state index is -0.473. The Hall–Kier alpha value is -2.77. The van der Waals surface area contributed by atoms with Crippen LogP contribution in [0.4, 0.5) is 0 Å². The highest BCUT2D eigenvalue weighted by Crippen LogP contribution is 2.33. The standard InChI is InChI=1S/C25H31N3O4/c1-16-14-28(7-8-32-16)15-18-6-4-5-17(9-18)13-26-23(30)20-10-19-21(27-24(20)31)11-25(2,3)12-22(19)29/h4-6,9-10,16H,7-8,11-15H2,1-3H3,(H,26,30)(H,27,31). The van der Waals surface area contributed by atoms with Crippen LogP contribution in [0.2, 0.25) is 0 Å². The van der Waals surface area contributed by atoms with E-state index >= 15 is 0 Å². The zero-order chi connectivity index (χ0) is 22.9. The second-order valence-corrected chi connectivity index (χ2v) is 9.76. The van der Waals surface area contributed by atoms with Crippen LogP contribution < -0.4 is 10.9 Å². The number of morpholine rings is 1. The predicted octanol–water partition coefficient (Wildman–Crippen LogP) is 2.68. The van der Waals surface area contributed by atoms with E-state index in [0.717, 1.165) is 31.8 Å². The van der Waals surface area contributed by atoms with E-state index in [0.29, 0.717) is 30.6 Å². The summed E-state index contributed by atoms with van der Waals surface area (Å²) in [5.74, 6) is -0.509. The summed E-state index contributed by atoms with van der Waals surface area (Å²) in [5.41, 5.74) is 2.54. The smallest absolute Gasteiger partial charge is 0.261 e. The lowest BCUT2D eigenvalue weighted by atomic mass is 9.75. The van der Waals surface area contributed by atoms with Gasteiger partial charge in [-0.05, 0) is 36.0 Å². The average molecular weight is 438 g/mol. The van der Waals surface area contributed by atoms with Gasteiger partial charge in [0.05, 0.1) is 12.7 Å². The molecule has 32 heavy (non-hydrogen) atoms. The van der Waals surface area contributed by atoms with Crippen molar-refractivity contribution in [3.05, 3.63) is 68.6 Å². The van der Waals surface area contributed by atoms with Gasteiger partial charge in [-0.1, -0.05) is 38.1 Å². The second kappa shape index (κ2) is 9.00. The van der Waals surface area contributed by atoms with Crippen LogP contribution in [0.1, 0.15) is 64.7 Å². The lowest BCUT2D eigenvalue weighted by molar-refractivity contribution is -0.0212. The number of fused-ring (bicyclic) bond motifs is 1. The number of H-pyrrole nitrogens is 1.